The molecule has 1 unspecified atom stereocenters. The standard InChI is InChI=1S/C22H26N2O2/c1-5-15-8-21(24)17(7-18(15)13(3)25)11-22(14(4)26)10-16-9-20(23)12(2)6-19(16)22/h6-9H,5,10-11,23-24H2,1-4H3. The van der Waals surface area contributed by atoms with E-state index in [-0.39, 0.29) is 11.6 Å². The van der Waals surface area contributed by atoms with Crippen LogP contribution in [-0.4, -0.2) is 11.6 Å². The van der Waals surface area contributed by atoms with Gasteiger partial charge in [-0.1, -0.05) is 13.0 Å². The summed E-state index contributed by atoms with van der Waals surface area (Å²) in [7, 11) is 0. The Hall–Kier alpha value is -2.62. The number of carbonyl (C=O) groups is 2. The van der Waals surface area contributed by atoms with Crippen LogP contribution in [0.5, 0.6) is 0 Å². The highest BCUT2D eigenvalue weighted by Crippen LogP contribution is 2.46. The van der Waals surface area contributed by atoms with Crippen molar-refractivity contribution in [3.05, 3.63) is 57.6 Å². The average molecular weight is 350 g/mol. The number of aryl methyl sites for hydroxylation is 2. The minimum Gasteiger partial charge on any atom is -0.399 e. The van der Waals surface area contributed by atoms with Gasteiger partial charge in [0.25, 0.3) is 0 Å². The second kappa shape index (κ2) is 6.27. The zero-order valence-corrected chi connectivity index (χ0v) is 15.9. The molecule has 3 rings (SSSR count). The number of fused-ring (bicyclic) bond motifs is 1. The van der Waals surface area contributed by atoms with Crippen LogP contribution >= 0.6 is 0 Å². The highest BCUT2D eigenvalue weighted by molar-refractivity contribution is 5.97. The van der Waals surface area contributed by atoms with Crippen molar-refractivity contribution in [3.8, 4) is 0 Å². The van der Waals surface area contributed by atoms with Crippen LogP contribution in [0, 0.1) is 6.92 Å². The number of ketones is 2. The molecule has 0 radical (unpaired) electrons. The summed E-state index contributed by atoms with van der Waals surface area (Å²) in [5, 5.41) is 0. The molecule has 1 atom stereocenters. The van der Waals surface area contributed by atoms with Crippen molar-refractivity contribution in [1.82, 2.24) is 0 Å². The van der Waals surface area contributed by atoms with E-state index < -0.39 is 5.41 Å². The Kier molecular flexibility index (Phi) is 4.39. The van der Waals surface area contributed by atoms with Crippen LogP contribution < -0.4 is 11.5 Å². The molecule has 136 valence electrons. The maximum Gasteiger partial charge on any atom is 0.160 e. The highest BCUT2D eigenvalue weighted by Gasteiger charge is 2.47. The summed E-state index contributed by atoms with van der Waals surface area (Å²) in [6.07, 6.45) is 1.92. The van der Waals surface area contributed by atoms with Crippen molar-refractivity contribution in [3.63, 3.8) is 0 Å². The molecule has 1 aliphatic carbocycles. The van der Waals surface area contributed by atoms with Crippen molar-refractivity contribution in [2.24, 2.45) is 0 Å². The fourth-order valence-corrected chi connectivity index (χ4v) is 4.08. The molecular formula is C22H26N2O2. The molecule has 0 saturated carbocycles. The van der Waals surface area contributed by atoms with Crippen molar-refractivity contribution in [2.45, 2.75) is 52.4 Å². The number of carbonyl (C=O) groups excluding carboxylic acids is 2. The lowest BCUT2D eigenvalue weighted by Gasteiger charge is -2.43. The first kappa shape index (κ1) is 18.2. The topological polar surface area (TPSA) is 86.2 Å². The number of hydrogen-bond donors (Lipinski definition) is 2. The van der Waals surface area contributed by atoms with Crippen LogP contribution in [0.3, 0.4) is 0 Å². The number of anilines is 2. The van der Waals surface area contributed by atoms with E-state index in [9.17, 15) is 9.59 Å². The molecular weight excluding hydrogens is 324 g/mol. The molecule has 0 bridgehead atoms. The largest absolute Gasteiger partial charge is 0.399 e. The van der Waals surface area contributed by atoms with Crippen LogP contribution in [0.2, 0.25) is 0 Å². The van der Waals surface area contributed by atoms with Gasteiger partial charge in [-0.3, -0.25) is 9.59 Å². The van der Waals surface area contributed by atoms with Gasteiger partial charge >= 0.3 is 0 Å². The number of hydrogen-bond acceptors (Lipinski definition) is 4. The lowest BCUT2D eigenvalue weighted by molar-refractivity contribution is -0.123. The van der Waals surface area contributed by atoms with Gasteiger partial charge in [-0.25, -0.2) is 0 Å². The van der Waals surface area contributed by atoms with Crippen molar-refractivity contribution >= 4 is 22.9 Å². The number of nitrogens with two attached hydrogens (primary N) is 2. The molecule has 0 saturated heterocycles. The Labute approximate surface area is 154 Å². The molecule has 2 aromatic rings. The van der Waals surface area contributed by atoms with Gasteiger partial charge in [-0.2, -0.15) is 0 Å². The summed E-state index contributed by atoms with van der Waals surface area (Å²) in [4.78, 5) is 24.7. The quantitative estimate of drug-likeness (QED) is 0.638. The lowest BCUT2D eigenvalue weighted by atomic mass is 9.58. The zero-order chi connectivity index (χ0) is 19.2. The monoisotopic (exact) mass is 350 g/mol. The smallest absolute Gasteiger partial charge is 0.160 e. The molecule has 4 heteroatoms. The van der Waals surface area contributed by atoms with E-state index in [4.69, 9.17) is 11.5 Å². The summed E-state index contributed by atoms with van der Waals surface area (Å²) in [5.41, 5.74) is 18.8. The lowest BCUT2D eigenvalue weighted by Crippen LogP contribution is -2.47. The SMILES string of the molecule is CCc1cc(N)c(CC2(C(C)=O)Cc3cc(N)c(C)cc32)cc1C(C)=O. The first-order valence-electron chi connectivity index (χ1n) is 9.02. The molecule has 4 N–H and O–H groups in total. The van der Waals surface area contributed by atoms with E-state index in [0.29, 0.717) is 24.1 Å². The summed E-state index contributed by atoms with van der Waals surface area (Å²) >= 11 is 0. The van der Waals surface area contributed by atoms with Gasteiger partial charge in [0, 0.05) is 16.9 Å². The van der Waals surface area contributed by atoms with Gasteiger partial charge in [-0.05, 0) is 86.1 Å². The van der Waals surface area contributed by atoms with Crippen molar-refractivity contribution < 1.29 is 9.59 Å². The van der Waals surface area contributed by atoms with E-state index >= 15 is 0 Å². The van der Waals surface area contributed by atoms with Gasteiger partial charge < -0.3 is 11.5 Å². The van der Waals surface area contributed by atoms with Crippen LogP contribution in [0.4, 0.5) is 11.4 Å². The summed E-state index contributed by atoms with van der Waals surface area (Å²) in [6.45, 7) is 7.17. The molecule has 0 amide bonds. The molecule has 2 aromatic carbocycles. The third-order valence-corrected chi connectivity index (χ3v) is 5.79. The van der Waals surface area contributed by atoms with Crippen LogP contribution in [-0.2, 0) is 29.5 Å². The van der Waals surface area contributed by atoms with E-state index in [0.717, 1.165) is 39.9 Å². The second-order valence-electron chi connectivity index (χ2n) is 7.48. The highest BCUT2D eigenvalue weighted by atomic mass is 16.1. The second-order valence-corrected chi connectivity index (χ2v) is 7.48. The normalized spacial score (nSPS) is 18.2. The molecule has 0 heterocycles. The first-order valence-corrected chi connectivity index (χ1v) is 9.02. The summed E-state index contributed by atoms with van der Waals surface area (Å²) < 4.78 is 0. The van der Waals surface area contributed by atoms with E-state index in [2.05, 4.69) is 0 Å². The van der Waals surface area contributed by atoms with E-state index in [1.165, 1.54) is 0 Å². The van der Waals surface area contributed by atoms with Gasteiger partial charge in [0.05, 0.1) is 5.41 Å². The van der Waals surface area contributed by atoms with Gasteiger partial charge in [0.1, 0.15) is 5.78 Å². The summed E-state index contributed by atoms with van der Waals surface area (Å²) in [6, 6.07) is 7.76. The molecule has 0 fully saturated rings. The molecule has 26 heavy (non-hydrogen) atoms. The predicted octanol–water partition coefficient (Wildman–Crippen LogP) is 3.55. The Morgan fingerprint density at radius 1 is 1.04 bits per heavy atom. The minimum atomic E-state index is -0.580. The molecule has 4 nitrogen and oxygen atoms in total. The van der Waals surface area contributed by atoms with Crippen molar-refractivity contribution in [1.29, 1.82) is 0 Å². The van der Waals surface area contributed by atoms with Gasteiger partial charge in [0.2, 0.25) is 0 Å². The number of nitrogen functional groups attached to an aromatic ring is 2. The Bertz CT molecular complexity index is 930. The number of Topliss-reactive ketones (excluding diaryl/α,β-unsaturated/α-hetero) is 2. The Balaban J connectivity index is 2.09. The molecule has 1 aliphatic rings. The fraction of sp³-hybridized carbons (Fsp3) is 0.364. The third kappa shape index (κ3) is 2.70. The third-order valence-electron chi connectivity index (χ3n) is 5.79. The molecule has 0 aromatic heterocycles. The van der Waals surface area contributed by atoms with Crippen LogP contribution in [0.25, 0.3) is 0 Å². The van der Waals surface area contributed by atoms with E-state index in [1.54, 1.807) is 13.8 Å². The van der Waals surface area contributed by atoms with Crippen molar-refractivity contribution in [2.75, 3.05) is 11.5 Å². The van der Waals surface area contributed by atoms with E-state index in [1.807, 2.05) is 38.1 Å². The average Bonchev–Trinajstić information content (AvgIpc) is 2.57. The fourth-order valence-electron chi connectivity index (χ4n) is 4.08. The van der Waals surface area contributed by atoms with Gasteiger partial charge in [-0.15, -0.1) is 0 Å². The molecule has 0 spiro atoms. The maximum atomic E-state index is 12.6. The van der Waals surface area contributed by atoms with Gasteiger partial charge in [0.15, 0.2) is 5.78 Å². The Morgan fingerprint density at radius 2 is 1.73 bits per heavy atom. The summed E-state index contributed by atoms with van der Waals surface area (Å²) in [5.74, 6) is 0.148. The van der Waals surface area contributed by atoms with Crippen LogP contribution in [0.15, 0.2) is 24.3 Å². The minimum absolute atomic E-state index is 0.0256. The maximum absolute atomic E-state index is 12.6. The van der Waals surface area contributed by atoms with Crippen LogP contribution in [0.1, 0.15) is 58.9 Å². The number of rotatable bonds is 5. The Morgan fingerprint density at radius 3 is 2.31 bits per heavy atom. The predicted molar refractivity (Wildman–Crippen MR) is 106 cm³/mol. The first-order chi connectivity index (χ1) is 12.2. The number of benzene rings is 2. The zero-order valence-electron chi connectivity index (χ0n) is 15.9. The molecule has 0 aliphatic heterocycles.